The molecule has 0 aliphatic carbocycles. The van der Waals surface area contributed by atoms with Gasteiger partial charge in [-0.1, -0.05) is 6.07 Å². The highest BCUT2D eigenvalue weighted by atomic mass is 19.1. The van der Waals surface area contributed by atoms with Gasteiger partial charge in [-0.2, -0.15) is 5.26 Å². The Balaban J connectivity index is 1.68. The maximum Gasteiger partial charge on any atom is 0.322 e. The summed E-state index contributed by atoms with van der Waals surface area (Å²) in [6.45, 7) is 3.17. The summed E-state index contributed by atoms with van der Waals surface area (Å²) in [5.74, 6) is -0.339. The lowest BCUT2D eigenvalue weighted by atomic mass is 9.98. The number of nitriles is 1. The van der Waals surface area contributed by atoms with Crippen LogP contribution in [-0.2, 0) is 13.0 Å². The molecule has 0 saturated heterocycles. The van der Waals surface area contributed by atoms with E-state index in [1.54, 1.807) is 24.0 Å². The Morgan fingerprint density at radius 3 is 2.88 bits per heavy atom. The lowest BCUT2D eigenvalue weighted by Crippen LogP contribution is -2.38. The predicted molar refractivity (Wildman–Crippen MR) is 91.9 cm³/mol. The van der Waals surface area contributed by atoms with Crippen LogP contribution in [0.1, 0.15) is 23.6 Å². The fourth-order valence-electron chi connectivity index (χ4n) is 2.85. The van der Waals surface area contributed by atoms with Crippen molar-refractivity contribution in [2.45, 2.75) is 19.9 Å². The first-order valence-electron chi connectivity index (χ1n) is 8.11. The van der Waals surface area contributed by atoms with Crippen LogP contribution >= 0.6 is 0 Å². The number of carbonyl (C=O) groups excluding carboxylic acids is 1. The third-order valence-corrected chi connectivity index (χ3v) is 4.12. The second-order valence-corrected chi connectivity index (χ2v) is 5.78. The number of amides is 2. The predicted octanol–water partition coefficient (Wildman–Crippen LogP) is 3.69. The van der Waals surface area contributed by atoms with Crippen LogP contribution in [0.15, 0.2) is 36.4 Å². The van der Waals surface area contributed by atoms with Crippen molar-refractivity contribution < 1.29 is 13.9 Å². The molecule has 0 unspecified atom stereocenters. The zero-order valence-corrected chi connectivity index (χ0v) is 13.9. The fraction of sp³-hybridized carbons (Fsp3) is 0.263. The van der Waals surface area contributed by atoms with E-state index in [1.165, 1.54) is 12.1 Å². The molecule has 0 aromatic heterocycles. The van der Waals surface area contributed by atoms with Crippen molar-refractivity contribution >= 4 is 11.7 Å². The first-order valence-corrected chi connectivity index (χ1v) is 8.11. The van der Waals surface area contributed by atoms with Crippen LogP contribution in [0.4, 0.5) is 14.9 Å². The topological polar surface area (TPSA) is 65.4 Å². The normalized spacial score (nSPS) is 12.9. The molecule has 0 saturated carbocycles. The Bertz CT molecular complexity index is 845. The van der Waals surface area contributed by atoms with Gasteiger partial charge in [0.15, 0.2) is 11.6 Å². The number of ether oxygens (including phenoxy) is 1. The molecule has 2 aromatic carbocycles. The van der Waals surface area contributed by atoms with Crippen molar-refractivity contribution in [3.8, 4) is 11.8 Å². The number of nitrogens with zero attached hydrogens (tertiary/aromatic N) is 2. The van der Waals surface area contributed by atoms with Crippen molar-refractivity contribution in [3.63, 3.8) is 0 Å². The maximum atomic E-state index is 13.9. The van der Waals surface area contributed by atoms with E-state index in [0.717, 1.165) is 11.1 Å². The highest BCUT2D eigenvalue weighted by Gasteiger charge is 2.21. The minimum Gasteiger partial charge on any atom is -0.491 e. The first kappa shape index (κ1) is 16.8. The van der Waals surface area contributed by atoms with Crippen LogP contribution < -0.4 is 10.1 Å². The second kappa shape index (κ2) is 7.22. The Morgan fingerprint density at radius 2 is 2.16 bits per heavy atom. The van der Waals surface area contributed by atoms with Crippen molar-refractivity contribution in [1.29, 1.82) is 5.26 Å². The summed E-state index contributed by atoms with van der Waals surface area (Å²) in [7, 11) is 0. The number of fused-ring (bicyclic) bond motifs is 1. The highest BCUT2D eigenvalue weighted by Crippen LogP contribution is 2.23. The SMILES string of the molecule is CCOc1ccc(NC(=O)N2CCc3cc(C#N)ccc3C2)cc1F. The molecule has 6 heteroatoms. The number of rotatable bonds is 3. The molecule has 0 bridgehead atoms. The van der Waals surface area contributed by atoms with E-state index >= 15 is 0 Å². The van der Waals surface area contributed by atoms with Gasteiger partial charge in [0.25, 0.3) is 0 Å². The number of hydrogen-bond donors (Lipinski definition) is 1. The lowest BCUT2D eigenvalue weighted by Gasteiger charge is -2.29. The van der Waals surface area contributed by atoms with E-state index in [9.17, 15) is 9.18 Å². The summed E-state index contributed by atoms with van der Waals surface area (Å²) in [6.07, 6.45) is 0.690. The molecule has 2 amide bonds. The van der Waals surface area contributed by atoms with Gasteiger partial charge in [0.05, 0.1) is 18.2 Å². The quantitative estimate of drug-likeness (QED) is 0.927. The standard InChI is InChI=1S/C19H18FN3O2/c1-2-25-18-6-5-16(10-17(18)20)22-19(24)23-8-7-14-9-13(11-21)3-4-15(14)12-23/h3-6,9-10H,2,7-8,12H2,1H3,(H,22,24). The van der Waals surface area contributed by atoms with E-state index in [4.69, 9.17) is 10.00 Å². The lowest BCUT2D eigenvalue weighted by molar-refractivity contribution is 0.206. The number of halogens is 1. The van der Waals surface area contributed by atoms with Gasteiger partial charge >= 0.3 is 6.03 Å². The van der Waals surface area contributed by atoms with Gasteiger partial charge in [-0.15, -0.1) is 0 Å². The van der Waals surface area contributed by atoms with E-state index in [1.807, 2.05) is 12.1 Å². The molecule has 1 aliphatic heterocycles. The molecule has 5 nitrogen and oxygen atoms in total. The Morgan fingerprint density at radius 1 is 1.32 bits per heavy atom. The highest BCUT2D eigenvalue weighted by molar-refractivity contribution is 5.89. The molecule has 3 rings (SSSR count). The van der Waals surface area contributed by atoms with Crippen LogP contribution in [0.2, 0.25) is 0 Å². The zero-order valence-electron chi connectivity index (χ0n) is 13.9. The molecule has 25 heavy (non-hydrogen) atoms. The van der Waals surface area contributed by atoms with Crippen LogP contribution in [-0.4, -0.2) is 24.1 Å². The summed E-state index contributed by atoms with van der Waals surface area (Å²) in [6, 6.07) is 11.7. The molecule has 128 valence electrons. The van der Waals surface area contributed by atoms with Crippen molar-refractivity contribution in [2.75, 3.05) is 18.5 Å². The molecule has 1 heterocycles. The number of benzene rings is 2. The monoisotopic (exact) mass is 339 g/mol. The smallest absolute Gasteiger partial charge is 0.322 e. The summed E-state index contributed by atoms with van der Waals surface area (Å²) in [5.41, 5.74) is 3.13. The molecule has 2 aromatic rings. The average molecular weight is 339 g/mol. The van der Waals surface area contributed by atoms with Crippen molar-refractivity contribution in [1.82, 2.24) is 4.90 Å². The Labute approximate surface area is 145 Å². The summed E-state index contributed by atoms with van der Waals surface area (Å²) in [5, 5.41) is 11.7. The van der Waals surface area contributed by atoms with Gasteiger partial charge in [-0.05, 0) is 48.7 Å². The summed E-state index contributed by atoms with van der Waals surface area (Å²) in [4.78, 5) is 14.1. The van der Waals surface area contributed by atoms with Crippen LogP contribution in [0, 0.1) is 17.1 Å². The van der Waals surface area contributed by atoms with Gasteiger partial charge in [-0.3, -0.25) is 0 Å². The zero-order chi connectivity index (χ0) is 17.8. The van der Waals surface area contributed by atoms with Crippen molar-refractivity contribution in [3.05, 3.63) is 58.9 Å². The van der Waals surface area contributed by atoms with E-state index in [2.05, 4.69) is 11.4 Å². The second-order valence-electron chi connectivity index (χ2n) is 5.78. The minimum atomic E-state index is -0.507. The third kappa shape index (κ3) is 3.72. The fourth-order valence-corrected chi connectivity index (χ4v) is 2.85. The van der Waals surface area contributed by atoms with Gasteiger partial charge in [0.2, 0.25) is 0 Å². The van der Waals surface area contributed by atoms with E-state index in [0.29, 0.717) is 37.4 Å². The Hall–Kier alpha value is -3.07. The molecule has 0 radical (unpaired) electrons. The molecule has 0 fully saturated rings. The van der Waals surface area contributed by atoms with Gasteiger partial charge in [-0.25, -0.2) is 9.18 Å². The molecule has 1 aliphatic rings. The van der Waals surface area contributed by atoms with Gasteiger partial charge in [0.1, 0.15) is 0 Å². The number of hydrogen-bond acceptors (Lipinski definition) is 3. The average Bonchev–Trinajstić information content (AvgIpc) is 2.63. The minimum absolute atomic E-state index is 0.167. The van der Waals surface area contributed by atoms with Gasteiger partial charge in [0, 0.05) is 24.8 Å². The molecule has 0 atom stereocenters. The van der Waals surface area contributed by atoms with Crippen LogP contribution in [0.25, 0.3) is 0 Å². The van der Waals surface area contributed by atoms with Crippen molar-refractivity contribution in [2.24, 2.45) is 0 Å². The molecular formula is C19H18FN3O2. The molecular weight excluding hydrogens is 321 g/mol. The number of urea groups is 1. The first-order chi connectivity index (χ1) is 12.1. The summed E-state index contributed by atoms with van der Waals surface area (Å²) < 4.78 is 19.0. The summed E-state index contributed by atoms with van der Waals surface area (Å²) >= 11 is 0. The third-order valence-electron chi connectivity index (χ3n) is 4.12. The largest absolute Gasteiger partial charge is 0.491 e. The van der Waals surface area contributed by atoms with Crippen LogP contribution in [0.5, 0.6) is 5.75 Å². The Kier molecular flexibility index (Phi) is 4.85. The number of nitrogens with one attached hydrogen (secondary N) is 1. The van der Waals surface area contributed by atoms with E-state index in [-0.39, 0.29) is 11.8 Å². The molecule has 0 spiro atoms. The van der Waals surface area contributed by atoms with Crippen LogP contribution in [0.3, 0.4) is 0 Å². The molecule has 1 N–H and O–H groups in total. The van der Waals surface area contributed by atoms with Gasteiger partial charge < -0.3 is 15.0 Å². The maximum absolute atomic E-state index is 13.9. The number of anilines is 1. The number of carbonyl (C=O) groups is 1. The van der Waals surface area contributed by atoms with E-state index < -0.39 is 5.82 Å².